The van der Waals surface area contributed by atoms with Crippen LogP contribution < -0.4 is 0 Å². The first-order chi connectivity index (χ1) is 14.6. The molecule has 1 heterocycles. The van der Waals surface area contributed by atoms with E-state index in [9.17, 15) is 19.2 Å². The quantitative estimate of drug-likeness (QED) is 0.448. The Kier molecular flexibility index (Phi) is 8.88. The number of benzene rings is 1. The molecule has 1 aliphatic rings. The Balaban J connectivity index is 2.44. The van der Waals surface area contributed by atoms with Crippen LogP contribution in [0.15, 0.2) is 29.2 Å². The predicted molar refractivity (Wildman–Crippen MR) is 109 cm³/mol. The fourth-order valence-electron chi connectivity index (χ4n) is 3.11. The smallest absolute Gasteiger partial charge is 0.303 e. The molecular weight excluding hydrogens is 428 g/mol. The van der Waals surface area contributed by atoms with E-state index in [2.05, 4.69) is 0 Å². The van der Waals surface area contributed by atoms with E-state index >= 15 is 0 Å². The summed E-state index contributed by atoms with van der Waals surface area (Å²) >= 11 is 1.25. The standard InChI is InChI=1S/C21H26O9S/c1-11-7-6-8-16(9-11)31-21-20(29-15(5)25)19(28-14(4)24)18(27-13(3)23)17(30-21)10-26-12(2)22/h6-9,17-21H,10H2,1-5H3/t17?,18-,19?,20?,21+/m1/s1. The van der Waals surface area contributed by atoms with Crippen molar-refractivity contribution in [2.24, 2.45) is 0 Å². The molecule has 3 unspecified atom stereocenters. The van der Waals surface area contributed by atoms with Crippen molar-refractivity contribution in [2.75, 3.05) is 6.61 Å². The fraction of sp³-hybridized carbons (Fsp3) is 0.524. The van der Waals surface area contributed by atoms with Gasteiger partial charge in [-0.15, -0.1) is 0 Å². The molecule has 10 heteroatoms. The molecule has 0 aromatic heterocycles. The fourth-order valence-corrected chi connectivity index (χ4v) is 4.33. The van der Waals surface area contributed by atoms with Crippen LogP contribution in [0.4, 0.5) is 0 Å². The number of thioether (sulfide) groups is 1. The summed E-state index contributed by atoms with van der Waals surface area (Å²) < 4.78 is 27.3. The van der Waals surface area contributed by atoms with E-state index in [0.29, 0.717) is 0 Å². The SMILES string of the molecule is CC(=O)OCC1O[C@@H](Sc2cccc(C)c2)C(OC(C)=O)C(OC(C)=O)[C@@H]1OC(C)=O. The topological polar surface area (TPSA) is 114 Å². The summed E-state index contributed by atoms with van der Waals surface area (Å²) in [7, 11) is 0. The lowest BCUT2D eigenvalue weighted by atomic mass is 9.99. The maximum Gasteiger partial charge on any atom is 0.303 e. The maximum atomic E-state index is 11.8. The molecule has 0 saturated carbocycles. The third-order valence-corrected chi connectivity index (χ3v) is 5.33. The van der Waals surface area contributed by atoms with Crippen molar-refractivity contribution in [3.63, 3.8) is 0 Å². The summed E-state index contributed by atoms with van der Waals surface area (Å²) in [5.41, 5.74) is 0.179. The highest BCUT2D eigenvalue weighted by molar-refractivity contribution is 7.99. The van der Waals surface area contributed by atoms with Crippen molar-refractivity contribution >= 4 is 35.6 Å². The van der Waals surface area contributed by atoms with Crippen LogP contribution in [0.25, 0.3) is 0 Å². The van der Waals surface area contributed by atoms with Gasteiger partial charge in [-0.05, 0) is 19.1 Å². The summed E-state index contributed by atoms with van der Waals surface area (Å²) in [6.45, 7) is 6.50. The summed E-state index contributed by atoms with van der Waals surface area (Å²) in [6, 6.07) is 7.56. The van der Waals surface area contributed by atoms with E-state index in [1.807, 2.05) is 31.2 Å². The van der Waals surface area contributed by atoms with Gasteiger partial charge in [0, 0.05) is 32.6 Å². The van der Waals surface area contributed by atoms with Gasteiger partial charge in [-0.25, -0.2) is 0 Å². The molecule has 0 spiro atoms. The maximum absolute atomic E-state index is 11.8. The van der Waals surface area contributed by atoms with Gasteiger partial charge in [0.05, 0.1) is 0 Å². The number of hydrogen-bond acceptors (Lipinski definition) is 10. The molecule has 0 amide bonds. The zero-order chi connectivity index (χ0) is 23.1. The first-order valence-electron chi connectivity index (χ1n) is 9.60. The molecule has 1 saturated heterocycles. The Morgan fingerprint density at radius 1 is 0.871 bits per heavy atom. The molecule has 0 bridgehead atoms. The van der Waals surface area contributed by atoms with Crippen molar-refractivity contribution in [2.45, 2.75) is 69.4 Å². The van der Waals surface area contributed by atoms with Gasteiger partial charge in [-0.2, -0.15) is 0 Å². The van der Waals surface area contributed by atoms with Crippen molar-refractivity contribution in [3.05, 3.63) is 29.8 Å². The van der Waals surface area contributed by atoms with E-state index in [1.165, 1.54) is 39.5 Å². The number of carbonyl (C=O) groups is 4. The monoisotopic (exact) mass is 454 g/mol. The van der Waals surface area contributed by atoms with Crippen molar-refractivity contribution in [3.8, 4) is 0 Å². The average molecular weight is 454 g/mol. The zero-order valence-electron chi connectivity index (χ0n) is 18.0. The largest absolute Gasteiger partial charge is 0.463 e. The Labute approximate surface area is 184 Å². The number of hydrogen-bond donors (Lipinski definition) is 0. The van der Waals surface area contributed by atoms with Crippen LogP contribution in [0.3, 0.4) is 0 Å². The highest BCUT2D eigenvalue weighted by Gasteiger charge is 2.52. The number of esters is 4. The minimum absolute atomic E-state index is 0.247. The molecule has 0 N–H and O–H groups in total. The van der Waals surface area contributed by atoms with Crippen LogP contribution in [-0.2, 0) is 42.9 Å². The number of ether oxygens (including phenoxy) is 5. The van der Waals surface area contributed by atoms with Gasteiger partial charge >= 0.3 is 23.9 Å². The van der Waals surface area contributed by atoms with Crippen molar-refractivity contribution < 1.29 is 42.9 Å². The number of carbonyl (C=O) groups excluding carboxylic acids is 4. The van der Waals surface area contributed by atoms with Crippen molar-refractivity contribution in [1.29, 1.82) is 0 Å². The number of rotatable bonds is 7. The molecule has 31 heavy (non-hydrogen) atoms. The third-order valence-electron chi connectivity index (χ3n) is 4.19. The summed E-state index contributed by atoms with van der Waals surface area (Å²) in [5, 5.41) is 0. The molecule has 1 aliphatic heterocycles. The van der Waals surface area contributed by atoms with Crippen molar-refractivity contribution in [1.82, 2.24) is 0 Å². The van der Waals surface area contributed by atoms with Crippen LogP contribution in [0.5, 0.6) is 0 Å². The van der Waals surface area contributed by atoms with E-state index in [0.717, 1.165) is 10.5 Å². The molecular formula is C21H26O9S. The van der Waals surface area contributed by atoms with Gasteiger partial charge in [0.15, 0.2) is 18.3 Å². The highest BCUT2D eigenvalue weighted by atomic mass is 32.2. The first-order valence-corrected chi connectivity index (χ1v) is 10.5. The molecule has 0 radical (unpaired) electrons. The van der Waals surface area contributed by atoms with Gasteiger partial charge in [0.1, 0.15) is 18.1 Å². The second kappa shape index (κ2) is 11.1. The third kappa shape index (κ3) is 7.55. The average Bonchev–Trinajstić information content (AvgIpc) is 2.64. The van der Waals surface area contributed by atoms with Gasteiger partial charge in [0.25, 0.3) is 0 Å². The van der Waals surface area contributed by atoms with E-state index in [4.69, 9.17) is 23.7 Å². The van der Waals surface area contributed by atoms with E-state index in [-0.39, 0.29) is 6.61 Å². The Bertz CT molecular complexity index is 825. The number of aryl methyl sites for hydroxylation is 1. The second-order valence-corrected chi connectivity index (χ2v) is 8.17. The molecule has 2 rings (SSSR count). The van der Waals surface area contributed by atoms with Crippen LogP contribution in [0.1, 0.15) is 33.3 Å². The van der Waals surface area contributed by atoms with E-state index in [1.54, 1.807) is 0 Å². The molecule has 1 aromatic rings. The lowest BCUT2D eigenvalue weighted by Crippen LogP contribution is -2.61. The summed E-state index contributed by atoms with van der Waals surface area (Å²) in [5.74, 6) is -2.50. The summed E-state index contributed by atoms with van der Waals surface area (Å²) in [6.07, 6.45) is -4.35. The second-order valence-electron chi connectivity index (χ2n) is 7.00. The summed E-state index contributed by atoms with van der Waals surface area (Å²) in [4.78, 5) is 47.5. The first kappa shape index (κ1) is 24.7. The van der Waals surface area contributed by atoms with Crippen LogP contribution in [0.2, 0.25) is 0 Å². The van der Waals surface area contributed by atoms with Gasteiger partial charge in [0.2, 0.25) is 0 Å². The Morgan fingerprint density at radius 2 is 1.45 bits per heavy atom. The van der Waals surface area contributed by atoms with Gasteiger partial charge in [-0.3, -0.25) is 19.2 Å². The Hall–Kier alpha value is -2.59. The van der Waals surface area contributed by atoms with Crippen LogP contribution >= 0.6 is 11.8 Å². The molecule has 1 fully saturated rings. The predicted octanol–water partition coefficient (Wildman–Crippen LogP) is 2.17. The zero-order valence-corrected chi connectivity index (χ0v) is 18.8. The Morgan fingerprint density at radius 3 is 2.00 bits per heavy atom. The molecule has 170 valence electrons. The van der Waals surface area contributed by atoms with Gasteiger partial charge in [-0.1, -0.05) is 29.5 Å². The lowest BCUT2D eigenvalue weighted by Gasteiger charge is -2.44. The molecule has 0 aliphatic carbocycles. The molecule has 5 atom stereocenters. The van der Waals surface area contributed by atoms with Crippen LogP contribution in [0, 0.1) is 6.92 Å². The highest BCUT2D eigenvalue weighted by Crippen LogP contribution is 2.37. The lowest BCUT2D eigenvalue weighted by molar-refractivity contribution is -0.237. The molecule has 1 aromatic carbocycles. The van der Waals surface area contributed by atoms with E-state index < -0.39 is 53.7 Å². The molecule has 9 nitrogen and oxygen atoms in total. The minimum Gasteiger partial charge on any atom is -0.463 e. The van der Waals surface area contributed by atoms with Gasteiger partial charge < -0.3 is 23.7 Å². The van der Waals surface area contributed by atoms with Crippen LogP contribution in [-0.4, -0.2) is 60.3 Å². The minimum atomic E-state index is -1.16. The normalized spacial score (nSPS) is 25.3.